The molecule has 0 radical (unpaired) electrons. The monoisotopic (exact) mass is 348 g/mol. The average molecular weight is 348 g/mol. The number of rotatable bonds is 9. The highest BCUT2D eigenvalue weighted by molar-refractivity contribution is 5.66. The van der Waals surface area contributed by atoms with E-state index >= 15 is 0 Å². The topological polar surface area (TPSA) is 65.0 Å². The lowest BCUT2D eigenvalue weighted by Gasteiger charge is -2.28. The SMILES string of the molecule is COc1cc(COC23CCC(CCCC(=O)O)(CC2)C3)cc(OC)c1. The normalized spacial score (nSPS) is 27.4. The molecule has 2 fully saturated rings. The summed E-state index contributed by atoms with van der Waals surface area (Å²) in [7, 11) is 3.30. The molecule has 0 amide bonds. The van der Waals surface area contributed by atoms with Crippen molar-refractivity contribution in [1.82, 2.24) is 0 Å². The number of ether oxygens (including phenoxy) is 3. The Hall–Kier alpha value is -1.75. The number of aliphatic carboxylic acids is 1. The second kappa shape index (κ2) is 7.24. The van der Waals surface area contributed by atoms with Gasteiger partial charge in [-0.25, -0.2) is 0 Å². The highest BCUT2D eigenvalue weighted by atomic mass is 16.5. The Kier molecular flexibility index (Phi) is 5.23. The number of hydrogen-bond donors (Lipinski definition) is 1. The van der Waals surface area contributed by atoms with Crippen LogP contribution in [0.3, 0.4) is 0 Å². The van der Waals surface area contributed by atoms with E-state index in [2.05, 4.69) is 0 Å². The highest BCUT2D eigenvalue weighted by Gasteiger charge is 2.54. The van der Waals surface area contributed by atoms with Crippen LogP contribution in [0.2, 0.25) is 0 Å². The molecule has 138 valence electrons. The molecule has 0 unspecified atom stereocenters. The van der Waals surface area contributed by atoms with Gasteiger partial charge >= 0.3 is 5.97 Å². The molecule has 5 nitrogen and oxygen atoms in total. The summed E-state index contributed by atoms with van der Waals surface area (Å²) in [5.74, 6) is 0.856. The molecule has 2 aliphatic rings. The molecule has 3 rings (SSSR count). The fourth-order valence-corrected chi connectivity index (χ4v) is 4.61. The molecule has 1 aromatic rings. The number of fused-ring (bicyclic) bond motifs is 2. The van der Waals surface area contributed by atoms with Crippen molar-refractivity contribution in [2.75, 3.05) is 14.2 Å². The van der Waals surface area contributed by atoms with Crippen LogP contribution in [0.25, 0.3) is 0 Å². The molecule has 0 aliphatic heterocycles. The molecular weight excluding hydrogens is 320 g/mol. The minimum Gasteiger partial charge on any atom is -0.497 e. The van der Waals surface area contributed by atoms with Crippen LogP contribution in [0.15, 0.2) is 18.2 Å². The van der Waals surface area contributed by atoms with Crippen molar-refractivity contribution in [2.45, 2.75) is 63.6 Å². The zero-order valence-electron chi connectivity index (χ0n) is 15.2. The number of carbonyl (C=O) groups is 1. The van der Waals surface area contributed by atoms with E-state index in [-0.39, 0.29) is 12.0 Å². The maximum atomic E-state index is 10.8. The smallest absolute Gasteiger partial charge is 0.303 e. The first kappa shape index (κ1) is 18.1. The molecular formula is C20H28O5. The van der Waals surface area contributed by atoms with Gasteiger partial charge in [0.05, 0.1) is 26.4 Å². The number of hydrogen-bond acceptors (Lipinski definition) is 4. The number of carboxylic acid groups (broad SMARTS) is 1. The van der Waals surface area contributed by atoms with E-state index in [9.17, 15) is 4.79 Å². The Morgan fingerprint density at radius 1 is 1.08 bits per heavy atom. The molecule has 0 aromatic heterocycles. The quantitative estimate of drug-likeness (QED) is 0.725. The minimum atomic E-state index is -0.693. The Morgan fingerprint density at radius 2 is 1.72 bits per heavy atom. The minimum absolute atomic E-state index is 0.0282. The van der Waals surface area contributed by atoms with Crippen LogP contribution in [0, 0.1) is 5.41 Å². The second-order valence-corrected chi connectivity index (χ2v) is 7.62. The number of methoxy groups -OCH3 is 2. The van der Waals surface area contributed by atoms with Crippen molar-refractivity contribution in [1.29, 1.82) is 0 Å². The van der Waals surface area contributed by atoms with Gasteiger partial charge < -0.3 is 19.3 Å². The van der Waals surface area contributed by atoms with Crippen LogP contribution in [0.4, 0.5) is 0 Å². The Bertz CT molecular complexity index is 594. The van der Waals surface area contributed by atoms with Crippen LogP contribution < -0.4 is 9.47 Å². The lowest BCUT2D eigenvalue weighted by molar-refractivity contribution is -0.137. The second-order valence-electron chi connectivity index (χ2n) is 7.62. The summed E-state index contributed by atoms with van der Waals surface area (Å²) in [6.45, 7) is 0.554. The standard InChI is InChI=1S/C20H28O5/c1-23-16-10-15(11-17(12-16)24-2)13-25-20-8-6-19(14-20,7-9-20)5-3-4-18(21)22/h10-12H,3-9,13-14H2,1-2H3,(H,21,22). The summed E-state index contributed by atoms with van der Waals surface area (Å²) >= 11 is 0. The van der Waals surface area contributed by atoms with Gasteiger partial charge in [0.15, 0.2) is 0 Å². The van der Waals surface area contributed by atoms with Gasteiger partial charge in [-0.05, 0) is 68.1 Å². The van der Waals surface area contributed by atoms with Crippen LogP contribution in [0.1, 0.15) is 56.9 Å². The summed E-state index contributed by atoms with van der Waals surface area (Å²) in [6, 6.07) is 5.84. The maximum absolute atomic E-state index is 10.8. The van der Waals surface area contributed by atoms with Crippen molar-refractivity contribution in [2.24, 2.45) is 5.41 Å². The fourth-order valence-electron chi connectivity index (χ4n) is 4.61. The van der Waals surface area contributed by atoms with E-state index in [1.807, 2.05) is 18.2 Å². The summed E-state index contributed by atoms with van der Waals surface area (Å²) in [5, 5.41) is 8.86. The van der Waals surface area contributed by atoms with E-state index < -0.39 is 5.97 Å². The lowest BCUT2D eigenvalue weighted by Crippen LogP contribution is -2.26. The predicted octanol–water partition coefficient (Wildman–Crippen LogP) is 4.18. The fraction of sp³-hybridized carbons (Fsp3) is 0.650. The third-order valence-corrected chi connectivity index (χ3v) is 5.97. The van der Waals surface area contributed by atoms with E-state index in [1.54, 1.807) is 14.2 Å². The molecule has 1 aromatic carbocycles. The molecule has 1 N–H and O–H groups in total. The van der Waals surface area contributed by atoms with Crippen molar-refractivity contribution in [3.8, 4) is 11.5 Å². The number of benzene rings is 1. The van der Waals surface area contributed by atoms with Crippen LogP contribution in [-0.2, 0) is 16.1 Å². The zero-order chi connectivity index (χ0) is 17.9. The molecule has 2 saturated carbocycles. The first-order valence-electron chi connectivity index (χ1n) is 9.06. The van der Waals surface area contributed by atoms with Crippen molar-refractivity contribution in [3.05, 3.63) is 23.8 Å². The molecule has 0 atom stereocenters. The first-order chi connectivity index (χ1) is 12.0. The van der Waals surface area contributed by atoms with Gasteiger partial charge in [-0.1, -0.05) is 0 Å². The molecule has 0 saturated heterocycles. The van der Waals surface area contributed by atoms with Gasteiger partial charge in [0.1, 0.15) is 11.5 Å². The zero-order valence-corrected chi connectivity index (χ0v) is 15.2. The predicted molar refractivity (Wildman–Crippen MR) is 94.1 cm³/mol. The third-order valence-electron chi connectivity index (χ3n) is 5.97. The van der Waals surface area contributed by atoms with Crippen LogP contribution in [-0.4, -0.2) is 30.9 Å². The van der Waals surface area contributed by atoms with Crippen molar-refractivity contribution in [3.63, 3.8) is 0 Å². The van der Waals surface area contributed by atoms with E-state index in [4.69, 9.17) is 19.3 Å². The van der Waals surface area contributed by atoms with Crippen LogP contribution >= 0.6 is 0 Å². The number of carboxylic acids is 1. The largest absolute Gasteiger partial charge is 0.497 e. The molecule has 0 spiro atoms. The molecule has 0 heterocycles. The van der Waals surface area contributed by atoms with Gasteiger partial charge in [-0.15, -0.1) is 0 Å². The van der Waals surface area contributed by atoms with E-state index in [1.165, 1.54) is 0 Å². The first-order valence-corrected chi connectivity index (χ1v) is 9.06. The molecule has 5 heteroatoms. The van der Waals surface area contributed by atoms with Crippen LogP contribution in [0.5, 0.6) is 11.5 Å². The summed E-state index contributed by atoms with van der Waals surface area (Å²) in [5.41, 5.74) is 1.34. The van der Waals surface area contributed by atoms with Gasteiger partial charge in [-0.3, -0.25) is 4.79 Å². The van der Waals surface area contributed by atoms with Gasteiger partial charge in [0.25, 0.3) is 0 Å². The summed E-state index contributed by atoms with van der Waals surface area (Å²) in [6.07, 6.45) is 7.63. The van der Waals surface area contributed by atoms with Crippen molar-refractivity contribution < 1.29 is 24.1 Å². The third kappa shape index (κ3) is 4.09. The maximum Gasteiger partial charge on any atom is 0.303 e. The molecule has 2 aliphatic carbocycles. The van der Waals surface area contributed by atoms with Gasteiger partial charge in [-0.2, -0.15) is 0 Å². The molecule has 2 bridgehead atoms. The highest BCUT2D eigenvalue weighted by Crippen LogP contribution is 2.60. The Balaban J connectivity index is 1.58. The van der Waals surface area contributed by atoms with E-state index in [0.29, 0.717) is 12.0 Å². The van der Waals surface area contributed by atoms with Gasteiger partial charge in [0.2, 0.25) is 0 Å². The van der Waals surface area contributed by atoms with Gasteiger partial charge in [0, 0.05) is 12.5 Å². The summed E-state index contributed by atoms with van der Waals surface area (Å²) in [4.78, 5) is 10.8. The van der Waals surface area contributed by atoms with Crippen molar-refractivity contribution >= 4 is 5.97 Å². The average Bonchev–Trinajstić information content (AvgIpc) is 3.16. The lowest BCUT2D eigenvalue weighted by atomic mass is 9.80. The van der Waals surface area contributed by atoms with E-state index in [0.717, 1.165) is 62.0 Å². The Labute approximate surface area is 149 Å². The summed E-state index contributed by atoms with van der Waals surface area (Å²) < 4.78 is 17.0. The molecule has 25 heavy (non-hydrogen) atoms. The Morgan fingerprint density at radius 3 is 2.28 bits per heavy atom.